The number of nitro benzene ring substituents is 1. The first kappa shape index (κ1) is 25.1. The summed E-state index contributed by atoms with van der Waals surface area (Å²) in [5, 5.41) is 13.6. The normalized spacial score (nSPS) is 24.2. The van der Waals surface area contributed by atoms with E-state index in [1.165, 1.54) is 30.3 Å². The second-order valence-corrected chi connectivity index (χ2v) is 11.3. The maximum absolute atomic E-state index is 13.5. The van der Waals surface area contributed by atoms with Crippen LogP contribution in [0.4, 0.5) is 5.69 Å². The van der Waals surface area contributed by atoms with Crippen LogP contribution in [0.1, 0.15) is 28.8 Å². The maximum Gasteiger partial charge on any atom is 0.273 e. The predicted molar refractivity (Wildman–Crippen MR) is 133 cm³/mol. The Labute approximate surface area is 221 Å². The monoisotopic (exact) mass is 631 g/mol. The number of carbonyl (C=O) groups is 3. The Morgan fingerprint density at radius 3 is 2.09 bits per heavy atom. The van der Waals surface area contributed by atoms with E-state index in [0.717, 1.165) is 10.0 Å². The van der Waals surface area contributed by atoms with E-state index in [1.54, 1.807) is 12.1 Å². The number of hydrogen-bond acceptors (Lipinski definition) is 5. The zero-order chi connectivity index (χ0) is 24.7. The molecule has 2 aromatic rings. The van der Waals surface area contributed by atoms with Crippen LogP contribution in [0.5, 0.6) is 0 Å². The second-order valence-electron chi connectivity index (χ2n) is 8.11. The second kappa shape index (κ2) is 9.93. The first-order valence-corrected chi connectivity index (χ1v) is 12.8. The summed E-state index contributed by atoms with van der Waals surface area (Å²) in [6.45, 7) is -0.168. The van der Waals surface area contributed by atoms with Crippen LogP contribution in [0.3, 0.4) is 0 Å². The van der Waals surface area contributed by atoms with E-state index in [9.17, 15) is 24.5 Å². The fourth-order valence-corrected chi connectivity index (χ4v) is 5.94. The van der Waals surface area contributed by atoms with Crippen molar-refractivity contribution in [2.24, 2.45) is 11.8 Å². The molecule has 4 rings (SSSR count). The van der Waals surface area contributed by atoms with E-state index in [4.69, 9.17) is 23.2 Å². The summed E-state index contributed by atoms with van der Waals surface area (Å²) >= 11 is 19.4. The highest BCUT2D eigenvalue weighted by Crippen LogP contribution is 2.44. The van der Waals surface area contributed by atoms with Crippen LogP contribution in [-0.2, 0) is 16.1 Å². The zero-order valence-electron chi connectivity index (χ0n) is 17.4. The number of carbonyl (C=O) groups excluding carboxylic acids is 3. The molecular weight excluding hydrogens is 617 g/mol. The first-order chi connectivity index (χ1) is 16.1. The fourth-order valence-electron chi connectivity index (χ4n) is 4.23. The molecule has 1 saturated carbocycles. The van der Waals surface area contributed by atoms with Gasteiger partial charge in [-0.2, -0.15) is 5.01 Å². The van der Waals surface area contributed by atoms with Crippen molar-refractivity contribution < 1.29 is 19.3 Å². The Kier molecular flexibility index (Phi) is 7.33. The predicted octanol–water partition coefficient (Wildman–Crippen LogP) is 5.38. The summed E-state index contributed by atoms with van der Waals surface area (Å²) < 4.78 is 0. The molecule has 0 spiro atoms. The number of nitro groups is 1. The number of hydrogen-bond donors (Lipinski definition) is 0. The third-order valence-electron chi connectivity index (χ3n) is 6.02. The molecule has 1 aliphatic heterocycles. The first-order valence-electron chi connectivity index (χ1n) is 10.2. The third-order valence-corrected chi connectivity index (χ3v) is 9.34. The van der Waals surface area contributed by atoms with Crippen LogP contribution in [0, 0.1) is 22.0 Å². The molecule has 0 bridgehead atoms. The van der Waals surface area contributed by atoms with Crippen molar-refractivity contribution in [3.63, 3.8) is 0 Å². The summed E-state index contributed by atoms with van der Waals surface area (Å²) in [7, 11) is 0. The molecule has 1 aliphatic carbocycles. The van der Waals surface area contributed by atoms with Gasteiger partial charge in [0.15, 0.2) is 0 Å². The molecule has 4 atom stereocenters. The number of fused-ring (bicyclic) bond motifs is 1. The molecule has 0 radical (unpaired) electrons. The van der Waals surface area contributed by atoms with Crippen molar-refractivity contribution >= 4 is 78.5 Å². The van der Waals surface area contributed by atoms with Gasteiger partial charge >= 0.3 is 0 Å². The van der Waals surface area contributed by atoms with Gasteiger partial charge in [-0.3, -0.25) is 24.5 Å². The fraction of sp³-hybridized carbons (Fsp3) is 0.318. The van der Waals surface area contributed by atoms with Gasteiger partial charge in [0.25, 0.3) is 23.4 Å². The zero-order valence-corrected chi connectivity index (χ0v) is 22.1. The van der Waals surface area contributed by atoms with E-state index >= 15 is 0 Å². The summed E-state index contributed by atoms with van der Waals surface area (Å²) in [4.78, 5) is 50.7. The van der Waals surface area contributed by atoms with Crippen LogP contribution < -0.4 is 0 Å². The number of benzene rings is 2. The SMILES string of the molecule is O=C(c1ccc([N+](=O)[O-])cc1)N(Cc1ccc(Cl)cc1Cl)N1C(=O)[C@H]2C[C@H](Br)[C@@H](Br)C[C@H]2C1=O. The molecule has 34 heavy (non-hydrogen) atoms. The van der Waals surface area contributed by atoms with Gasteiger partial charge in [0.05, 0.1) is 23.3 Å². The Morgan fingerprint density at radius 2 is 1.59 bits per heavy atom. The standard InChI is InChI=1S/C22H17Br2Cl2N3O5/c23-17-8-15-16(9-18(17)24)22(32)28(21(15)31)27(10-12-1-4-13(25)7-19(12)26)20(30)11-2-5-14(6-3-11)29(33)34/h1-7,15-18H,8-10H2/t15-,16+,17-,18-/m0/s1. The van der Waals surface area contributed by atoms with E-state index in [2.05, 4.69) is 31.9 Å². The third kappa shape index (κ3) is 4.73. The lowest BCUT2D eigenvalue weighted by molar-refractivity contribution is -0.384. The Bertz CT molecular complexity index is 1150. The van der Waals surface area contributed by atoms with E-state index in [1.807, 2.05) is 0 Å². The van der Waals surface area contributed by atoms with Gasteiger partial charge in [-0.25, -0.2) is 5.01 Å². The smallest absolute Gasteiger partial charge is 0.272 e. The van der Waals surface area contributed by atoms with Crippen LogP contribution >= 0.6 is 55.1 Å². The van der Waals surface area contributed by atoms with E-state index < -0.39 is 34.5 Å². The quantitative estimate of drug-likeness (QED) is 0.190. The van der Waals surface area contributed by atoms with Crippen molar-refractivity contribution in [3.8, 4) is 0 Å². The van der Waals surface area contributed by atoms with Gasteiger partial charge in [0.1, 0.15) is 0 Å². The summed E-state index contributed by atoms with van der Waals surface area (Å²) in [6, 6.07) is 9.68. The van der Waals surface area contributed by atoms with Gasteiger partial charge in [-0.15, -0.1) is 0 Å². The number of imide groups is 1. The minimum absolute atomic E-state index is 0.00924. The lowest BCUT2D eigenvalue weighted by Crippen LogP contribution is -2.49. The number of halogens is 4. The van der Waals surface area contributed by atoms with Crippen LogP contribution in [-0.4, -0.2) is 42.3 Å². The van der Waals surface area contributed by atoms with Gasteiger partial charge in [-0.1, -0.05) is 61.1 Å². The number of hydrazine groups is 1. The Balaban J connectivity index is 1.73. The Morgan fingerprint density at radius 1 is 1.03 bits per heavy atom. The lowest BCUT2D eigenvalue weighted by atomic mass is 9.81. The molecule has 0 aromatic heterocycles. The molecule has 3 amide bonds. The van der Waals surface area contributed by atoms with E-state index in [0.29, 0.717) is 23.4 Å². The minimum atomic E-state index is -0.660. The molecule has 1 saturated heterocycles. The number of alkyl halides is 2. The van der Waals surface area contributed by atoms with Crippen molar-refractivity contribution in [3.05, 3.63) is 73.8 Å². The number of nitrogens with zero attached hydrogens (tertiary/aromatic N) is 3. The van der Waals surface area contributed by atoms with Crippen LogP contribution in [0.25, 0.3) is 0 Å². The van der Waals surface area contributed by atoms with Crippen LogP contribution in [0.2, 0.25) is 10.0 Å². The highest BCUT2D eigenvalue weighted by atomic mass is 79.9. The summed E-state index contributed by atoms with van der Waals surface area (Å²) in [6.07, 6.45) is 0.895. The lowest BCUT2D eigenvalue weighted by Gasteiger charge is -2.31. The highest BCUT2D eigenvalue weighted by Gasteiger charge is 2.54. The average Bonchev–Trinajstić information content (AvgIpc) is 3.02. The Hall–Kier alpha value is -2.01. The molecule has 2 fully saturated rings. The maximum atomic E-state index is 13.5. The minimum Gasteiger partial charge on any atom is -0.272 e. The van der Waals surface area contributed by atoms with Crippen LogP contribution in [0.15, 0.2) is 42.5 Å². The van der Waals surface area contributed by atoms with Crippen molar-refractivity contribution in [2.75, 3.05) is 0 Å². The molecule has 178 valence electrons. The number of rotatable bonds is 5. The van der Waals surface area contributed by atoms with Gasteiger partial charge in [0, 0.05) is 37.4 Å². The molecule has 0 N–H and O–H groups in total. The summed E-state index contributed by atoms with van der Waals surface area (Å²) in [5.74, 6) is -2.69. The highest BCUT2D eigenvalue weighted by molar-refractivity contribution is 9.12. The molecule has 2 aliphatic rings. The largest absolute Gasteiger partial charge is 0.273 e. The molecule has 8 nitrogen and oxygen atoms in total. The molecule has 1 heterocycles. The van der Waals surface area contributed by atoms with Crippen molar-refractivity contribution in [1.29, 1.82) is 0 Å². The number of non-ortho nitro benzene ring substituents is 1. The molecule has 2 aromatic carbocycles. The average molecular weight is 634 g/mol. The van der Waals surface area contributed by atoms with Crippen molar-refractivity contribution in [2.45, 2.75) is 29.0 Å². The molecule has 12 heteroatoms. The van der Waals surface area contributed by atoms with Gasteiger partial charge < -0.3 is 0 Å². The molecule has 0 unspecified atom stereocenters. The van der Waals surface area contributed by atoms with Gasteiger partial charge in [0.2, 0.25) is 0 Å². The topological polar surface area (TPSA) is 101 Å². The summed E-state index contributed by atoms with van der Waals surface area (Å²) in [5.41, 5.74) is 0.381. The number of amides is 3. The van der Waals surface area contributed by atoms with Gasteiger partial charge in [-0.05, 0) is 42.7 Å². The molecular formula is C22H17Br2Cl2N3O5. The van der Waals surface area contributed by atoms with E-state index in [-0.39, 0.29) is 32.5 Å². The van der Waals surface area contributed by atoms with Crippen molar-refractivity contribution in [1.82, 2.24) is 10.0 Å².